The third kappa shape index (κ3) is 28.4. The minimum atomic E-state index is -0.320. The molecule has 3 nitrogen and oxygen atoms in total. The fraction of sp³-hybridized carbons (Fsp3) is 0.818. The summed E-state index contributed by atoms with van der Waals surface area (Å²) in [5.74, 6) is 0.503. The van der Waals surface area contributed by atoms with E-state index in [2.05, 4.69) is 81.5 Å². The zero-order valence-corrected chi connectivity index (χ0v) is 32.2. The summed E-state index contributed by atoms with van der Waals surface area (Å²) in [6, 6.07) is 0. The van der Waals surface area contributed by atoms with Crippen LogP contribution in [-0.4, -0.2) is 44.5 Å². The minimum Gasteiger partial charge on any atom is -0.350 e. The van der Waals surface area contributed by atoms with E-state index in [9.17, 15) is 0 Å². The molecule has 0 aromatic heterocycles. The Balaban J connectivity index is 2.19. The molecule has 1 saturated carbocycles. The molecule has 0 radical (unpaired) electrons. The van der Waals surface area contributed by atoms with Gasteiger partial charge >= 0.3 is 0 Å². The summed E-state index contributed by atoms with van der Waals surface area (Å²) in [5.41, 5.74) is 0. The van der Waals surface area contributed by atoms with Gasteiger partial charge in [-0.1, -0.05) is 127 Å². The van der Waals surface area contributed by atoms with Gasteiger partial charge in [0.25, 0.3) is 0 Å². The number of rotatable bonds is 33. The van der Waals surface area contributed by atoms with E-state index >= 15 is 0 Å². The van der Waals surface area contributed by atoms with Crippen LogP contribution in [-0.2, 0) is 9.47 Å². The predicted molar refractivity (Wildman–Crippen MR) is 209 cm³/mol. The average Bonchev–Trinajstić information content (AvgIpc) is 3.07. The SMILES string of the molecule is CCCCCC=CCC=CCCCCCCCOC1(OCCCCCCCC=CCC=CCCCCC)CCC(CCN(C)C)CC1. The quantitative estimate of drug-likeness (QED) is 0.0399. The number of allylic oxidation sites excluding steroid dienone is 8. The monoisotopic (exact) mass is 656 g/mol. The second-order valence-electron chi connectivity index (χ2n) is 14.6. The molecule has 0 N–H and O–H groups in total. The zero-order valence-electron chi connectivity index (χ0n) is 32.2. The van der Waals surface area contributed by atoms with Crippen LogP contribution >= 0.6 is 0 Å². The van der Waals surface area contributed by atoms with E-state index in [4.69, 9.17) is 9.47 Å². The highest BCUT2D eigenvalue weighted by molar-refractivity contribution is 4.93. The lowest BCUT2D eigenvalue weighted by molar-refractivity contribution is -0.257. The van der Waals surface area contributed by atoms with Crippen LogP contribution < -0.4 is 0 Å². The fourth-order valence-corrected chi connectivity index (χ4v) is 6.52. The summed E-state index contributed by atoms with van der Waals surface area (Å²) < 4.78 is 13.2. The van der Waals surface area contributed by atoms with Gasteiger partial charge in [0.2, 0.25) is 0 Å². The van der Waals surface area contributed by atoms with Crippen molar-refractivity contribution in [3.8, 4) is 0 Å². The molecule has 1 aliphatic carbocycles. The van der Waals surface area contributed by atoms with Crippen LogP contribution in [0.1, 0.15) is 187 Å². The molecule has 0 aliphatic heterocycles. The molecule has 0 aromatic rings. The van der Waals surface area contributed by atoms with Crippen molar-refractivity contribution in [1.29, 1.82) is 0 Å². The highest BCUT2D eigenvalue weighted by Crippen LogP contribution is 2.38. The van der Waals surface area contributed by atoms with Crippen molar-refractivity contribution < 1.29 is 9.47 Å². The largest absolute Gasteiger partial charge is 0.350 e. The Morgan fingerprint density at radius 2 is 0.894 bits per heavy atom. The number of unbranched alkanes of at least 4 members (excludes halogenated alkanes) is 16. The molecule has 47 heavy (non-hydrogen) atoms. The Labute approximate surface area is 295 Å². The summed E-state index contributed by atoms with van der Waals surface area (Å²) in [6.45, 7) is 7.44. The van der Waals surface area contributed by atoms with E-state index in [1.54, 1.807) is 0 Å². The van der Waals surface area contributed by atoms with E-state index in [-0.39, 0.29) is 5.79 Å². The van der Waals surface area contributed by atoms with Crippen LogP contribution in [0.5, 0.6) is 0 Å². The second kappa shape index (κ2) is 33.3. The molecule has 0 bridgehead atoms. The van der Waals surface area contributed by atoms with Gasteiger partial charge in [-0.05, 0) is 123 Å². The van der Waals surface area contributed by atoms with Crippen molar-refractivity contribution in [3.63, 3.8) is 0 Å². The number of nitrogens with zero attached hydrogens (tertiary/aromatic N) is 1. The standard InChI is InChI=1S/C44H81NO2/c1-5-7-9-11-13-15-17-19-21-23-25-27-29-31-33-41-46-44(38-35-43(36-39-44)37-40-45(3)4)47-42-34-32-30-28-26-24-22-20-18-16-14-12-10-8-6-2/h13-16,19-22,43H,5-12,17-18,23-42H2,1-4H3. The van der Waals surface area contributed by atoms with Crippen molar-refractivity contribution in [1.82, 2.24) is 4.90 Å². The van der Waals surface area contributed by atoms with Crippen molar-refractivity contribution in [2.75, 3.05) is 33.9 Å². The Bertz CT molecular complexity index is 709. The summed E-state index contributed by atoms with van der Waals surface area (Å²) in [4.78, 5) is 2.32. The first kappa shape index (κ1) is 43.9. The molecule has 0 unspecified atom stereocenters. The van der Waals surface area contributed by atoms with Gasteiger partial charge in [0, 0.05) is 12.8 Å². The highest BCUT2D eigenvalue weighted by atomic mass is 16.7. The van der Waals surface area contributed by atoms with E-state index in [1.165, 1.54) is 141 Å². The number of hydrogen-bond acceptors (Lipinski definition) is 3. The third-order valence-electron chi connectivity index (χ3n) is 9.77. The third-order valence-corrected chi connectivity index (χ3v) is 9.77. The zero-order chi connectivity index (χ0) is 33.9. The van der Waals surface area contributed by atoms with Gasteiger partial charge in [0.05, 0.1) is 13.2 Å². The number of hydrogen-bond donors (Lipinski definition) is 0. The molecule has 0 saturated heterocycles. The fourth-order valence-electron chi connectivity index (χ4n) is 6.52. The van der Waals surface area contributed by atoms with Gasteiger partial charge in [0.15, 0.2) is 5.79 Å². The average molecular weight is 656 g/mol. The van der Waals surface area contributed by atoms with Crippen molar-refractivity contribution in [2.24, 2.45) is 5.92 Å². The molecule has 0 aromatic carbocycles. The van der Waals surface area contributed by atoms with E-state index in [1.807, 2.05) is 0 Å². The van der Waals surface area contributed by atoms with Gasteiger partial charge in [0.1, 0.15) is 0 Å². The molecule has 274 valence electrons. The van der Waals surface area contributed by atoms with E-state index in [0.29, 0.717) is 0 Å². The first-order chi connectivity index (χ1) is 23.1. The molecular formula is C44H81NO2. The Morgan fingerprint density at radius 1 is 0.511 bits per heavy atom. The van der Waals surface area contributed by atoms with Crippen molar-refractivity contribution >= 4 is 0 Å². The lowest BCUT2D eigenvalue weighted by atomic mass is 9.83. The lowest BCUT2D eigenvalue weighted by Gasteiger charge is -2.40. The lowest BCUT2D eigenvalue weighted by Crippen LogP contribution is -2.41. The van der Waals surface area contributed by atoms with E-state index < -0.39 is 0 Å². The summed E-state index contributed by atoms with van der Waals surface area (Å²) in [5, 5.41) is 0. The molecule has 1 aliphatic rings. The summed E-state index contributed by atoms with van der Waals surface area (Å²) in [7, 11) is 4.38. The Hall–Kier alpha value is -1.16. The van der Waals surface area contributed by atoms with Gasteiger partial charge in [-0.3, -0.25) is 0 Å². The molecule has 1 fully saturated rings. The number of ether oxygens (including phenoxy) is 2. The van der Waals surface area contributed by atoms with Crippen molar-refractivity contribution in [3.05, 3.63) is 48.6 Å². The van der Waals surface area contributed by atoms with Crippen LogP contribution in [0.25, 0.3) is 0 Å². The molecule has 0 atom stereocenters. The highest BCUT2D eigenvalue weighted by Gasteiger charge is 2.37. The topological polar surface area (TPSA) is 21.7 Å². The van der Waals surface area contributed by atoms with Gasteiger partial charge in [-0.2, -0.15) is 0 Å². The van der Waals surface area contributed by atoms with Crippen molar-refractivity contribution in [2.45, 2.75) is 193 Å². The summed E-state index contributed by atoms with van der Waals surface area (Å²) >= 11 is 0. The molecule has 0 amide bonds. The van der Waals surface area contributed by atoms with Gasteiger partial charge < -0.3 is 14.4 Å². The maximum atomic E-state index is 6.62. The summed E-state index contributed by atoms with van der Waals surface area (Å²) in [6.07, 6.45) is 52.7. The van der Waals surface area contributed by atoms with Gasteiger partial charge in [-0.25, -0.2) is 0 Å². The van der Waals surface area contributed by atoms with Crippen LogP contribution in [0.15, 0.2) is 48.6 Å². The molecular weight excluding hydrogens is 574 g/mol. The van der Waals surface area contributed by atoms with Crippen LogP contribution in [0, 0.1) is 5.92 Å². The minimum absolute atomic E-state index is 0.320. The Kier molecular flexibility index (Phi) is 31.1. The smallest absolute Gasteiger partial charge is 0.168 e. The normalized spacial score (nSPS) is 19.1. The maximum Gasteiger partial charge on any atom is 0.168 e. The van der Waals surface area contributed by atoms with Gasteiger partial charge in [-0.15, -0.1) is 0 Å². The first-order valence-corrected chi connectivity index (χ1v) is 20.6. The molecule has 0 heterocycles. The first-order valence-electron chi connectivity index (χ1n) is 20.6. The Morgan fingerprint density at radius 3 is 1.30 bits per heavy atom. The maximum absolute atomic E-state index is 6.62. The molecule has 1 rings (SSSR count). The molecule has 0 spiro atoms. The second-order valence-corrected chi connectivity index (χ2v) is 14.6. The molecule has 3 heteroatoms. The van der Waals surface area contributed by atoms with Crippen LogP contribution in [0.4, 0.5) is 0 Å². The van der Waals surface area contributed by atoms with Crippen LogP contribution in [0.3, 0.4) is 0 Å². The van der Waals surface area contributed by atoms with E-state index in [0.717, 1.165) is 57.7 Å². The van der Waals surface area contributed by atoms with Crippen LogP contribution in [0.2, 0.25) is 0 Å². The predicted octanol–water partition coefficient (Wildman–Crippen LogP) is 13.7.